The molecular weight excluding hydrogens is 461 g/mol. The third-order valence-electron chi connectivity index (χ3n) is 3.99. The molecule has 1 heterocycles. The Balaban J connectivity index is 2.15. The van der Waals surface area contributed by atoms with Crippen LogP contribution in [-0.4, -0.2) is 28.6 Å². The van der Waals surface area contributed by atoms with Crippen LogP contribution in [0.3, 0.4) is 0 Å². The van der Waals surface area contributed by atoms with Gasteiger partial charge in [0, 0.05) is 25.3 Å². The zero-order valence-corrected chi connectivity index (χ0v) is 18.1. The van der Waals surface area contributed by atoms with E-state index >= 15 is 0 Å². The number of halogens is 3. The van der Waals surface area contributed by atoms with E-state index in [0.29, 0.717) is 40.1 Å². The SMILES string of the molecule is CCOCCn1c(=NC(=O)c2cc([N+](=O)[O-])ccc2Cl)sc2ccc(Cl)c(Cl)c21. The van der Waals surface area contributed by atoms with Gasteiger partial charge in [-0.1, -0.05) is 46.1 Å². The van der Waals surface area contributed by atoms with E-state index in [-0.39, 0.29) is 16.3 Å². The van der Waals surface area contributed by atoms with E-state index in [4.69, 9.17) is 39.5 Å². The Morgan fingerprint density at radius 3 is 2.66 bits per heavy atom. The van der Waals surface area contributed by atoms with Crippen LogP contribution in [0.1, 0.15) is 17.3 Å². The van der Waals surface area contributed by atoms with Crippen molar-refractivity contribution in [2.24, 2.45) is 4.99 Å². The molecule has 0 saturated carbocycles. The van der Waals surface area contributed by atoms with Gasteiger partial charge in [0.05, 0.1) is 42.4 Å². The second-order valence-corrected chi connectivity index (χ2v) is 7.98. The summed E-state index contributed by atoms with van der Waals surface area (Å²) in [7, 11) is 0. The number of fused-ring (bicyclic) bond motifs is 1. The number of carbonyl (C=O) groups is 1. The maximum absolute atomic E-state index is 12.7. The van der Waals surface area contributed by atoms with Crippen LogP contribution in [0.5, 0.6) is 0 Å². The van der Waals surface area contributed by atoms with Crippen LogP contribution in [0.15, 0.2) is 35.3 Å². The fraction of sp³-hybridized carbons (Fsp3) is 0.222. The van der Waals surface area contributed by atoms with E-state index in [9.17, 15) is 14.9 Å². The molecule has 0 aliphatic heterocycles. The third kappa shape index (κ3) is 4.62. The predicted molar refractivity (Wildman–Crippen MR) is 114 cm³/mol. The minimum absolute atomic E-state index is 0.0567. The van der Waals surface area contributed by atoms with Gasteiger partial charge in [-0.3, -0.25) is 14.9 Å². The number of benzene rings is 2. The molecule has 3 rings (SSSR count). The normalized spacial score (nSPS) is 11.9. The zero-order valence-electron chi connectivity index (χ0n) is 15.0. The molecule has 0 atom stereocenters. The summed E-state index contributed by atoms with van der Waals surface area (Å²) in [6.45, 7) is 3.18. The molecule has 0 spiro atoms. The molecule has 0 aliphatic rings. The van der Waals surface area contributed by atoms with Crippen LogP contribution in [-0.2, 0) is 11.3 Å². The first-order valence-electron chi connectivity index (χ1n) is 8.41. The van der Waals surface area contributed by atoms with Crippen molar-refractivity contribution in [1.82, 2.24) is 4.57 Å². The summed E-state index contributed by atoms with van der Waals surface area (Å²) in [6, 6.07) is 7.08. The number of rotatable bonds is 6. The molecule has 0 fully saturated rings. The lowest BCUT2D eigenvalue weighted by molar-refractivity contribution is -0.384. The average molecular weight is 475 g/mol. The molecule has 29 heavy (non-hydrogen) atoms. The summed E-state index contributed by atoms with van der Waals surface area (Å²) in [5.74, 6) is -0.697. The number of hydrogen-bond acceptors (Lipinski definition) is 5. The number of nitro benzene ring substituents is 1. The first kappa shape index (κ1) is 21.7. The highest BCUT2D eigenvalue weighted by atomic mass is 35.5. The average Bonchev–Trinajstić information content (AvgIpc) is 3.03. The van der Waals surface area contributed by atoms with E-state index in [1.807, 2.05) is 6.92 Å². The quantitative estimate of drug-likeness (QED) is 0.274. The van der Waals surface area contributed by atoms with Gasteiger partial charge in [0.2, 0.25) is 0 Å². The second kappa shape index (κ2) is 9.23. The molecule has 2 aromatic carbocycles. The largest absolute Gasteiger partial charge is 0.380 e. The molecule has 0 aliphatic carbocycles. The smallest absolute Gasteiger partial charge is 0.281 e. The van der Waals surface area contributed by atoms with E-state index in [1.165, 1.54) is 23.5 Å². The number of aromatic nitrogens is 1. The highest BCUT2D eigenvalue weighted by Crippen LogP contribution is 2.32. The molecule has 0 unspecified atom stereocenters. The molecule has 0 saturated heterocycles. The molecule has 7 nitrogen and oxygen atoms in total. The first-order valence-corrected chi connectivity index (χ1v) is 10.4. The highest BCUT2D eigenvalue weighted by molar-refractivity contribution is 7.16. The lowest BCUT2D eigenvalue weighted by Crippen LogP contribution is -2.20. The van der Waals surface area contributed by atoms with Gasteiger partial charge in [-0.05, 0) is 25.1 Å². The Hall–Kier alpha value is -1.97. The van der Waals surface area contributed by atoms with Crippen LogP contribution in [0.2, 0.25) is 15.1 Å². The van der Waals surface area contributed by atoms with Crippen molar-refractivity contribution < 1.29 is 14.5 Å². The lowest BCUT2D eigenvalue weighted by atomic mass is 10.2. The molecular formula is C18H14Cl3N3O4S. The number of ether oxygens (including phenoxy) is 1. The van der Waals surface area contributed by atoms with Crippen molar-refractivity contribution in [1.29, 1.82) is 0 Å². The molecule has 3 aromatic rings. The van der Waals surface area contributed by atoms with Crippen LogP contribution < -0.4 is 4.80 Å². The van der Waals surface area contributed by atoms with E-state index in [2.05, 4.69) is 4.99 Å². The lowest BCUT2D eigenvalue weighted by Gasteiger charge is -2.07. The number of nitrogens with zero attached hydrogens (tertiary/aromatic N) is 3. The summed E-state index contributed by atoms with van der Waals surface area (Å²) < 4.78 is 7.94. The molecule has 0 N–H and O–H groups in total. The summed E-state index contributed by atoms with van der Waals surface area (Å²) in [5, 5.41) is 11.8. The minimum atomic E-state index is -0.697. The van der Waals surface area contributed by atoms with E-state index in [1.54, 1.807) is 16.7 Å². The monoisotopic (exact) mass is 473 g/mol. The zero-order chi connectivity index (χ0) is 21.1. The van der Waals surface area contributed by atoms with Gasteiger partial charge in [-0.25, -0.2) is 0 Å². The Kier molecular flexibility index (Phi) is 6.92. The Morgan fingerprint density at radius 2 is 1.97 bits per heavy atom. The van der Waals surface area contributed by atoms with Crippen molar-refractivity contribution in [3.8, 4) is 0 Å². The second-order valence-electron chi connectivity index (χ2n) is 5.78. The number of nitro groups is 1. The van der Waals surface area contributed by atoms with Crippen molar-refractivity contribution in [3.05, 3.63) is 65.9 Å². The summed E-state index contributed by atoms with van der Waals surface area (Å²) in [4.78, 5) is 27.7. The maximum atomic E-state index is 12.7. The molecule has 152 valence electrons. The van der Waals surface area contributed by atoms with Gasteiger partial charge in [0.1, 0.15) is 0 Å². The van der Waals surface area contributed by atoms with Gasteiger partial charge in [-0.15, -0.1) is 0 Å². The number of hydrogen-bond donors (Lipinski definition) is 0. The molecule has 1 aromatic heterocycles. The Bertz CT molecular complexity index is 1170. The van der Waals surface area contributed by atoms with E-state index < -0.39 is 10.8 Å². The highest BCUT2D eigenvalue weighted by Gasteiger charge is 2.17. The summed E-state index contributed by atoms with van der Waals surface area (Å²) in [6.07, 6.45) is 0. The van der Waals surface area contributed by atoms with Crippen molar-refractivity contribution in [2.45, 2.75) is 13.5 Å². The third-order valence-corrected chi connectivity index (χ3v) is 6.15. The fourth-order valence-electron chi connectivity index (χ4n) is 2.63. The van der Waals surface area contributed by atoms with Crippen LogP contribution in [0.4, 0.5) is 5.69 Å². The van der Waals surface area contributed by atoms with Gasteiger partial charge in [0.15, 0.2) is 4.80 Å². The van der Waals surface area contributed by atoms with E-state index in [0.717, 1.165) is 10.8 Å². The van der Waals surface area contributed by atoms with Crippen molar-refractivity contribution >= 4 is 68.0 Å². The van der Waals surface area contributed by atoms with Crippen LogP contribution >= 0.6 is 46.1 Å². The Morgan fingerprint density at radius 1 is 1.24 bits per heavy atom. The maximum Gasteiger partial charge on any atom is 0.281 e. The van der Waals surface area contributed by atoms with Gasteiger partial charge in [0.25, 0.3) is 11.6 Å². The summed E-state index contributed by atoms with van der Waals surface area (Å²) >= 11 is 19.8. The molecule has 0 radical (unpaired) electrons. The summed E-state index contributed by atoms with van der Waals surface area (Å²) in [5.41, 5.74) is 0.336. The fourth-order valence-corrected chi connectivity index (χ4v) is 4.37. The van der Waals surface area contributed by atoms with Crippen molar-refractivity contribution in [3.63, 3.8) is 0 Å². The minimum Gasteiger partial charge on any atom is -0.380 e. The molecule has 11 heteroatoms. The van der Waals surface area contributed by atoms with Gasteiger partial charge < -0.3 is 9.30 Å². The Labute approximate surface area is 184 Å². The number of carbonyl (C=O) groups excluding carboxylic acids is 1. The first-order chi connectivity index (χ1) is 13.8. The molecule has 1 amide bonds. The standard InChI is InChI=1S/C18H14Cl3N3O4S/c1-2-28-8-7-23-16-14(6-5-13(20)15(16)21)29-18(23)22-17(25)11-9-10(24(26)27)3-4-12(11)19/h3-6,9H,2,7-8H2,1H3. The number of amides is 1. The predicted octanol–water partition coefficient (Wildman–Crippen LogP) is 5.35. The topological polar surface area (TPSA) is 86.7 Å². The van der Waals surface area contributed by atoms with Crippen LogP contribution in [0, 0.1) is 10.1 Å². The van der Waals surface area contributed by atoms with Gasteiger partial charge >= 0.3 is 0 Å². The number of thiazole rings is 1. The number of non-ortho nitro benzene ring substituents is 1. The van der Waals surface area contributed by atoms with Gasteiger partial charge in [-0.2, -0.15) is 4.99 Å². The molecule has 0 bridgehead atoms. The van der Waals surface area contributed by atoms with Crippen LogP contribution in [0.25, 0.3) is 10.2 Å². The van der Waals surface area contributed by atoms with Crippen molar-refractivity contribution in [2.75, 3.05) is 13.2 Å².